The van der Waals surface area contributed by atoms with Gasteiger partial charge < -0.3 is 5.32 Å². The number of anilines is 1. The lowest BCUT2D eigenvalue weighted by Gasteiger charge is -2.23. The molecule has 1 atom stereocenters. The van der Waals surface area contributed by atoms with Crippen molar-refractivity contribution in [3.8, 4) is 0 Å². The van der Waals surface area contributed by atoms with Crippen LogP contribution in [0.25, 0.3) is 0 Å². The van der Waals surface area contributed by atoms with Crippen LogP contribution in [0.15, 0.2) is 18.2 Å². The minimum absolute atomic E-state index is 0.00357. The quantitative estimate of drug-likeness (QED) is 0.612. The minimum atomic E-state index is -0.419. The van der Waals surface area contributed by atoms with Crippen LogP contribution in [0.1, 0.15) is 18.9 Å². The van der Waals surface area contributed by atoms with Gasteiger partial charge in [0.1, 0.15) is 0 Å². The molecule has 0 radical (unpaired) electrons. The van der Waals surface area contributed by atoms with E-state index in [2.05, 4.69) is 5.32 Å². The molecule has 16 heavy (non-hydrogen) atoms. The number of carbonyl (C=O) groups excluding carboxylic acids is 1. The van der Waals surface area contributed by atoms with Crippen molar-refractivity contribution in [2.24, 2.45) is 5.92 Å². The fourth-order valence-electron chi connectivity index (χ4n) is 1.91. The topological polar surface area (TPSA) is 72.2 Å². The Kier molecular flexibility index (Phi) is 2.60. The molecule has 0 unspecified atom stereocenters. The van der Waals surface area contributed by atoms with Crippen molar-refractivity contribution < 1.29 is 9.72 Å². The van der Waals surface area contributed by atoms with Gasteiger partial charge in [-0.1, -0.05) is 6.92 Å². The number of hydrogen-bond donors (Lipinski definition) is 1. The number of nitrogens with one attached hydrogen (secondary N) is 1. The molecule has 0 saturated heterocycles. The van der Waals surface area contributed by atoms with Crippen LogP contribution >= 0.6 is 0 Å². The largest absolute Gasteiger partial charge is 0.326 e. The third-order valence-electron chi connectivity index (χ3n) is 2.89. The molecule has 1 aromatic carbocycles. The number of benzene rings is 1. The number of hydrogen-bond acceptors (Lipinski definition) is 3. The van der Waals surface area contributed by atoms with E-state index in [0.29, 0.717) is 12.1 Å². The third-order valence-corrected chi connectivity index (χ3v) is 2.89. The second-order valence-electron chi connectivity index (χ2n) is 3.90. The second-order valence-corrected chi connectivity index (χ2v) is 3.90. The number of fused-ring (bicyclic) bond motifs is 1. The number of nitrogens with zero attached hydrogens (tertiary/aromatic N) is 1. The van der Waals surface area contributed by atoms with Crippen molar-refractivity contribution in [2.75, 3.05) is 5.32 Å². The maximum atomic E-state index is 11.6. The highest BCUT2D eigenvalue weighted by molar-refractivity contribution is 5.95. The van der Waals surface area contributed by atoms with Gasteiger partial charge >= 0.3 is 0 Å². The Balaban J connectivity index is 2.37. The number of nitro benzene ring substituents is 1. The van der Waals surface area contributed by atoms with Gasteiger partial charge in [-0.25, -0.2) is 0 Å². The van der Waals surface area contributed by atoms with Crippen LogP contribution in [0.2, 0.25) is 0 Å². The number of carbonyl (C=O) groups is 1. The Morgan fingerprint density at radius 2 is 2.31 bits per heavy atom. The molecule has 0 fully saturated rings. The molecule has 84 valence electrons. The second kappa shape index (κ2) is 3.92. The van der Waals surface area contributed by atoms with Crippen molar-refractivity contribution in [1.29, 1.82) is 0 Å². The van der Waals surface area contributed by atoms with E-state index in [1.807, 2.05) is 6.92 Å². The van der Waals surface area contributed by atoms with E-state index in [-0.39, 0.29) is 17.5 Å². The molecule has 1 aliphatic heterocycles. The van der Waals surface area contributed by atoms with Crippen LogP contribution in [0.5, 0.6) is 0 Å². The lowest BCUT2D eigenvalue weighted by Crippen LogP contribution is -2.29. The molecular weight excluding hydrogens is 208 g/mol. The fourth-order valence-corrected chi connectivity index (χ4v) is 1.91. The smallest absolute Gasteiger partial charge is 0.269 e. The summed E-state index contributed by atoms with van der Waals surface area (Å²) < 4.78 is 0. The van der Waals surface area contributed by atoms with E-state index in [1.165, 1.54) is 12.1 Å². The molecule has 2 rings (SSSR count). The first kappa shape index (κ1) is 10.6. The molecule has 1 amide bonds. The molecule has 0 aliphatic carbocycles. The zero-order valence-electron chi connectivity index (χ0n) is 8.90. The average Bonchev–Trinajstić information content (AvgIpc) is 2.27. The Hall–Kier alpha value is -1.91. The lowest BCUT2D eigenvalue weighted by molar-refractivity contribution is -0.384. The van der Waals surface area contributed by atoms with E-state index in [4.69, 9.17) is 0 Å². The van der Waals surface area contributed by atoms with Crippen molar-refractivity contribution in [2.45, 2.75) is 19.8 Å². The van der Waals surface area contributed by atoms with Gasteiger partial charge in [-0.05, 0) is 24.5 Å². The lowest BCUT2D eigenvalue weighted by atomic mass is 9.91. The molecule has 1 aliphatic rings. The molecule has 1 N–H and O–H groups in total. The summed E-state index contributed by atoms with van der Waals surface area (Å²) in [7, 11) is 0. The highest BCUT2D eigenvalue weighted by Crippen LogP contribution is 2.29. The normalized spacial score (nSPS) is 18.8. The van der Waals surface area contributed by atoms with E-state index in [9.17, 15) is 14.9 Å². The first-order valence-corrected chi connectivity index (χ1v) is 5.20. The molecule has 0 spiro atoms. The number of nitro groups is 1. The molecule has 5 heteroatoms. The van der Waals surface area contributed by atoms with E-state index < -0.39 is 4.92 Å². The molecule has 0 bridgehead atoms. The predicted octanol–water partition coefficient (Wildman–Crippen LogP) is 2.12. The number of amides is 1. The van der Waals surface area contributed by atoms with Gasteiger partial charge in [0, 0.05) is 23.7 Å². The van der Waals surface area contributed by atoms with E-state index in [1.54, 1.807) is 6.07 Å². The van der Waals surface area contributed by atoms with Gasteiger partial charge in [-0.15, -0.1) is 0 Å². The number of non-ortho nitro benzene ring substituents is 1. The molecule has 1 heterocycles. The summed E-state index contributed by atoms with van der Waals surface area (Å²) >= 11 is 0. The van der Waals surface area contributed by atoms with Crippen LogP contribution in [0, 0.1) is 16.0 Å². The van der Waals surface area contributed by atoms with Crippen molar-refractivity contribution >= 4 is 17.3 Å². The highest BCUT2D eigenvalue weighted by Gasteiger charge is 2.25. The predicted molar refractivity (Wildman–Crippen MR) is 59.2 cm³/mol. The van der Waals surface area contributed by atoms with Gasteiger partial charge in [-0.2, -0.15) is 0 Å². The Bertz CT molecular complexity index is 457. The number of rotatable bonds is 2. The average molecular weight is 220 g/mol. The fraction of sp³-hybridized carbons (Fsp3) is 0.364. The summed E-state index contributed by atoms with van der Waals surface area (Å²) in [6, 6.07) is 4.54. The maximum absolute atomic E-state index is 11.6. The molecular formula is C11H12N2O3. The van der Waals surface area contributed by atoms with Gasteiger partial charge in [-0.3, -0.25) is 14.9 Å². The summed E-state index contributed by atoms with van der Waals surface area (Å²) in [4.78, 5) is 21.8. The van der Waals surface area contributed by atoms with Gasteiger partial charge in [0.15, 0.2) is 0 Å². The zero-order chi connectivity index (χ0) is 11.7. The third kappa shape index (κ3) is 1.76. The summed E-state index contributed by atoms with van der Waals surface area (Å²) in [5, 5.41) is 13.4. The zero-order valence-corrected chi connectivity index (χ0v) is 8.90. The Labute approximate surface area is 92.6 Å². The summed E-state index contributed by atoms with van der Waals surface area (Å²) in [6.45, 7) is 1.94. The summed E-state index contributed by atoms with van der Waals surface area (Å²) in [5.41, 5.74) is 1.62. The first-order valence-electron chi connectivity index (χ1n) is 5.20. The molecule has 5 nitrogen and oxygen atoms in total. The summed E-state index contributed by atoms with van der Waals surface area (Å²) in [5.74, 6) is -0.0710. The highest BCUT2D eigenvalue weighted by atomic mass is 16.6. The van der Waals surface area contributed by atoms with Crippen LogP contribution in [0.4, 0.5) is 11.4 Å². The van der Waals surface area contributed by atoms with Crippen LogP contribution in [0.3, 0.4) is 0 Å². The van der Waals surface area contributed by atoms with E-state index >= 15 is 0 Å². The first-order chi connectivity index (χ1) is 7.61. The maximum Gasteiger partial charge on any atom is 0.269 e. The van der Waals surface area contributed by atoms with Gasteiger partial charge in [0.25, 0.3) is 5.69 Å². The van der Waals surface area contributed by atoms with E-state index in [0.717, 1.165) is 12.0 Å². The SMILES string of the molecule is CC[C@@H]1Cc2cc([N+](=O)[O-])ccc2NC1=O. The standard InChI is InChI=1S/C11H12N2O3/c1-2-7-5-8-6-9(13(15)16)3-4-10(8)12-11(7)14/h3-4,6-7H,2,5H2,1H3,(H,12,14)/t7-/m1/s1. The van der Waals surface area contributed by atoms with Crippen LogP contribution in [-0.4, -0.2) is 10.8 Å². The van der Waals surface area contributed by atoms with Crippen LogP contribution < -0.4 is 5.32 Å². The Morgan fingerprint density at radius 1 is 1.56 bits per heavy atom. The van der Waals surface area contributed by atoms with Gasteiger partial charge in [0.2, 0.25) is 5.91 Å². The molecule has 1 aromatic rings. The monoisotopic (exact) mass is 220 g/mol. The van der Waals surface area contributed by atoms with Crippen molar-refractivity contribution in [3.63, 3.8) is 0 Å². The van der Waals surface area contributed by atoms with Gasteiger partial charge in [0.05, 0.1) is 4.92 Å². The molecule has 0 saturated carbocycles. The van der Waals surface area contributed by atoms with Crippen molar-refractivity contribution in [3.05, 3.63) is 33.9 Å². The Morgan fingerprint density at radius 3 is 2.94 bits per heavy atom. The van der Waals surface area contributed by atoms with Crippen LogP contribution in [-0.2, 0) is 11.2 Å². The minimum Gasteiger partial charge on any atom is -0.326 e. The molecule has 0 aromatic heterocycles. The van der Waals surface area contributed by atoms with Crippen molar-refractivity contribution in [1.82, 2.24) is 0 Å². The summed E-state index contributed by atoms with van der Waals surface area (Å²) in [6.07, 6.45) is 1.33.